The third-order valence-corrected chi connectivity index (χ3v) is 5.04. The highest BCUT2D eigenvalue weighted by Gasteiger charge is 2.34. The lowest BCUT2D eigenvalue weighted by molar-refractivity contribution is -0.137. The second-order valence-corrected chi connectivity index (χ2v) is 7.57. The number of anilines is 1. The van der Waals surface area contributed by atoms with Crippen LogP contribution in [0.25, 0.3) is 0 Å². The number of thiophene rings is 1. The maximum absolute atomic E-state index is 12.2. The normalized spacial score (nSPS) is 15.5. The lowest BCUT2D eigenvalue weighted by atomic mass is 9.99. The minimum absolute atomic E-state index is 0.00322. The van der Waals surface area contributed by atoms with Gasteiger partial charge < -0.3 is 15.1 Å². The van der Waals surface area contributed by atoms with Crippen LogP contribution in [0.1, 0.15) is 24.6 Å². The van der Waals surface area contributed by atoms with Crippen LogP contribution in [0.5, 0.6) is 0 Å². The summed E-state index contributed by atoms with van der Waals surface area (Å²) >= 11 is 1.61. The van der Waals surface area contributed by atoms with Crippen LogP contribution in [-0.2, 0) is 9.59 Å². The number of nitrogens with one attached hydrogen (secondary N) is 1. The molecule has 1 N–H and O–H groups in total. The van der Waals surface area contributed by atoms with E-state index in [1.54, 1.807) is 22.3 Å². The van der Waals surface area contributed by atoms with Gasteiger partial charge in [-0.15, -0.1) is 11.3 Å². The molecule has 0 saturated carbocycles. The first-order valence-electron chi connectivity index (χ1n) is 7.87. The zero-order valence-electron chi connectivity index (χ0n) is 14.2. The second-order valence-electron chi connectivity index (χ2n) is 6.45. The average molecular weight is 335 g/mol. The molecule has 6 heteroatoms. The van der Waals surface area contributed by atoms with Crippen LogP contribution in [0.3, 0.4) is 0 Å². The van der Waals surface area contributed by atoms with Crippen LogP contribution < -0.4 is 5.32 Å². The Kier molecular flexibility index (Phi) is 5.96. The molecule has 1 aliphatic rings. The number of hydrogen-bond donors (Lipinski definition) is 1. The van der Waals surface area contributed by atoms with E-state index in [0.717, 1.165) is 11.5 Å². The summed E-state index contributed by atoms with van der Waals surface area (Å²) in [5.74, 6) is 0.347. The topological polar surface area (TPSA) is 52.7 Å². The molecule has 0 aromatic carbocycles. The number of likely N-dealkylation sites (N-methyl/N-ethyl adjacent to an activating group) is 1. The Labute approximate surface area is 142 Å². The van der Waals surface area contributed by atoms with Gasteiger partial charge in [0.1, 0.15) is 0 Å². The van der Waals surface area contributed by atoms with E-state index in [0.29, 0.717) is 19.0 Å². The quantitative estimate of drug-likeness (QED) is 0.812. The number of carbonyl (C=O) groups excluding carboxylic acids is 2. The molecule has 5 nitrogen and oxygen atoms in total. The van der Waals surface area contributed by atoms with Crippen molar-refractivity contribution in [2.24, 2.45) is 5.92 Å². The van der Waals surface area contributed by atoms with Crippen molar-refractivity contribution in [3.63, 3.8) is 0 Å². The third-order valence-electron chi connectivity index (χ3n) is 3.74. The van der Waals surface area contributed by atoms with E-state index >= 15 is 0 Å². The van der Waals surface area contributed by atoms with Crippen LogP contribution in [0, 0.1) is 5.92 Å². The largest absolute Gasteiger partial charge is 0.337 e. The van der Waals surface area contributed by atoms with Crippen molar-refractivity contribution < 1.29 is 9.59 Å². The van der Waals surface area contributed by atoms with E-state index in [1.807, 2.05) is 31.1 Å². The van der Waals surface area contributed by atoms with Crippen LogP contribution >= 0.6 is 11.3 Å². The Hall–Kier alpha value is -1.66. The first-order chi connectivity index (χ1) is 10.9. The summed E-state index contributed by atoms with van der Waals surface area (Å²) in [6, 6.07) is 4.00. The third kappa shape index (κ3) is 4.91. The fraction of sp³-hybridized carbons (Fsp3) is 0.529. The summed E-state index contributed by atoms with van der Waals surface area (Å²) in [6.07, 6.45) is 3.43. The van der Waals surface area contributed by atoms with Gasteiger partial charge in [-0.1, -0.05) is 19.9 Å². The van der Waals surface area contributed by atoms with Crippen LogP contribution in [0.4, 0.5) is 5.00 Å². The number of nitrogens with zero attached hydrogens (tertiary/aromatic N) is 2. The Morgan fingerprint density at radius 1 is 1.39 bits per heavy atom. The molecule has 1 saturated heterocycles. The van der Waals surface area contributed by atoms with E-state index in [4.69, 9.17) is 0 Å². The molecular formula is C17H25N3O2S. The average Bonchev–Trinajstić information content (AvgIpc) is 2.85. The molecule has 126 valence electrons. The number of likely N-dealkylation sites (tertiary alicyclic amines) is 1. The molecular weight excluding hydrogens is 310 g/mol. The van der Waals surface area contributed by atoms with E-state index in [-0.39, 0.29) is 17.7 Å². The van der Waals surface area contributed by atoms with Gasteiger partial charge in [-0.3, -0.25) is 9.59 Å². The zero-order chi connectivity index (χ0) is 17.0. The van der Waals surface area contributed by atoms with Crippen molar-refractivity contribution in [1.29, 1.82) is 0 Å². The van der Waals surface area contributed by atoms with Gasteiger partial charge in [0.25, 0.3) is 0 Å². The summed E-state index contributed by atoms with van der Waals surface area (Å²) in [6.45, 7) is 6.01. The number of amides is 2. The SMILES string of the molecule is CC(C)c1ccc(NC(=O)C2CN(C(=O)/C=C/CN(C)C)C2)s1. The molecule has 0 bridgehead atoms. The molecule has 0 aliphatic carbocycles. The molecule has 2 rings (SSSR count). The molecule has 0 unspecified atom stereocenters. The Bertz CT molecular complexity index is 586. The molecule has 0 radical (unpaired) electrons. The molecule has 2 heterocycles. The summed E-state index contributed by atoms with van der Waals surface area (Å²) in [4.78, 5) is 29.0. The maximum Gasteiger partial charge on any atom is 0.246 e. The van der Waals surface area contributed by atoms with Crippen molar-refractivity contribution >= 4 is 28.2 Å². The first kappa shape index (κ1) is 17.7. The molecule has 1 fully saturated rings. The molecule has 1 aliphatic heterocycles. The minimum Gasteiger partial charge on any atom is -0.337 e. The smallest absolute Gasteiger partial charge is 0.246 e. The van der Waals surface area contributed by atoms with Gasteiger partial charge >= 0.3 is 0 Å². The fourth-order valence-corrected chi connectivity index (χ4v) is 3.16. The predicted octanol–water partition coefficient (Wildman–Crippen LogP) is 2.39. The van der Waals surface area contributed by atoms with Gasteiger partial charge in [-0.05, 0) is 32.1 Å². The van der Waals surface area contributed by atoms with Crippen molar-refractivity contribution in [3.05, 3.63) is 29.2 Å². The summed E-state index contributed by atoms with van der Waals surface area (Å²) in [7, 11) is 3.90. The Morgan fingerprint density at radius 3 is 2.65 bits per heavy atom. The van der Waals surface area contributed by atoms with Gasteiger partial charge in [0.15, 0.2) is 0 Å². The summed E-state index contributed by atoms with van der Waals surface area (Å²) in [5.41, 5.74) is 0. The van der Waals surface area contributed by atoms with Gasteiger partial charge in [0, 0.05) is 30.6 Å². The van der Waals surface area contributed by atoms with E-state index in [9.17, 15) is 9.59 Å². The van der Waals surface area contributed by atoms with Gasteiger partial charge in [-0.25, -0.2) is 0 Å². The lowest BCUT2D eigenvalue weighted by Gasteiger charge is -2.37. The number of rotatable bonds is 6. The van der Waals surface area contributed by atoms with Crippen molar-refractivity contribution in [2.75, 3.05) is 39.0 Å². The molecule has 0 atom stereocenters. The van der Waals surface area contributed by atoms with Crippen molar-refractivity contribution in [1.82, 2.24) is 9.80 Å². The predicted molar refractivity (Wildman–Crippen MR) is 94.8 cm³/mol. The molecule has 2 amide bonds. The zero-order valence-corrected chi connectivity index (χ0v) is 15.0. The first-order valence-corrected chi connectivity index (χ1v) is 8.69. The molecule has 1 aromatic rings. The molecule has 23 heavy (non-hydrogen) atoms. The van der Waals surface area contributed by atoms with Crippen LogP contribution in [-0.4, -0.2) is 55.3 Å². The van der Waals surface area contributed by atoms with E-state index < -0.39 is 0 Å². The molecule has 0 spiro atoms. The summed E-state index contributed by atoms with van der Waals surface area (Å²) in [5, 5.41) is 3.84. The molecule has 1 aromatic heterocycles. The standard InChI is InChI=1S/C17H25N3O2S/c1-12(2)14-7-8-15(23-14)18-17(22)13-10-20(11-13)16(21)6-5-9-19(3)4/h5-8,12-13H,9-11H2,1-4H3,(H,18,22)/b6-5+. The highest BCUT2D eigenvalue weighted by Crippen LogP contribution is 2.29. The maximum atomic E-state index is 12.2. The monoisotopic (exact) mass is 335 g/mol. The minimum atomic E-state index is -0.106. The lowest BCUT2D eigenvalue weighted by Crippen LogP contribution is -2.53. The van der Waals surface area contributed by atoms with Crippen LogP contribution in [0.15, 0.2) is 24.3 Å². The van der Waals surface area contributed by atoms with Gasteiger partial charge in [0.2, 0.25) is 11.8 Å². The highest BCUT2D eigenvalue weighted by molar-refractivity contribution is 7.16. The van der Waals surface area contributed by atoms with E-state index in [1.165, 1.54) is 4.88 Å². The van der Waals surface area contributed by atoms with Crippen molar-refractivity contribution in [3.8, 4) is 0 Å². The second kappa shape index (κ2) is 7.75. The summed E-state index contributed by atoms with van der Waals surface area (Å²) < 4.78 is 0. The Morgan fingerprint density at radius 2 is 2.09 bits per heavy atom. The van der Waals surface area contributed by atoms with Crippen molar-refractivity contribution in [2.45, 2.75) is 19.8 Å². The van der Waals surface area contributed by atoms with Gasteiger partial charge in [-0.2, -0.15) is 0 Å². The van der Waals surface area contributed by atoms with Gasteiger partial charge in [0.05, 0.1) is 10.9 Å². The van der Waals surface area contributed by atoms with E-state index in [2.05, 4.69) is 25.2 Å². The highest BCUT2D eigenvalue weighted by atomic mass is 32.1. The van der Waals surface area contributed by atoms with Crippen LogP contribution in [0.2, 0.25) is 0 Å². The number of carbonyl (C=O) groups is 2. The number of hydrogen-bond acceptors (Lipinski definition) is 4. The fourth-order valence-electron chi connectivity index (χ4n) is 2.25. The Balaban J connectivity index is 1.76.